The molecule has 0 aliphatic heterocycles. The SMILES string of the molecule is Cc1cc(C)c(Nc2cccc(F)c2CCN)c(C)c1. The minimum Gasteiger partial charge on any atom is -0.355 e. The van der Waals surface area contributed by atoms with Gasteiger partial charge in [0.1, 0.15) is 5.82 Å². The third-order valence-electron chi connectivity index (χ3n) is 3.45. The molecule has 2 aromatic rings. The first-order valence-electron chi connectivity index (χ1n) is 6.85. The molecule has 2 rings (SSSR count). The Bertz CT molecular complexity index is 597. The van der Waals surface area contributed by atoms with Crippen molar-refractivity contribution >= 4 is 11.4 Å². The van der Waals surface area contributed by atoms with Gasteiger partial charge in [-0.05, 0) is 57.0 Å². The van der Waals surface area contributed by atoms with Crippen LogP contribution in [0.1, 0.15) is 22.3 Å². The summed E-state index contributed by atoms with van der Waals surface area (Å²) in [6.07, 6.45) is 0.527. The van der Waals surface area contributed by atoms with Gasteiger partial charge in [-0.3, -0.25) is 0 Å². The fourth-order valence-electron chi connectivity index (χ4n) is 2.59. The monoisotopic (exact) mass is 272 g/mol. The molecule has 0 heterocycles. The van der Waals surface area contributed by atoms with Crippen molar-refractivity contribution in [2.75, 3.05) is 11.9 Å². The van der Waals surface area contributed by atoms with Gasteiger partial charge in [-0.15, -0.1) is 0 Å². The van der Waals surface area contributed by atoms with Crippen LogP contribution in [0.3, 0.4) is 0 Å². The van der Waals surface area contributed by atoms with E-state index >= 15 is 0 Å². The van der Waals surface area contributed by atoms with Crippen LogP contribution in [0.5, 0.6) is 0 Å². The van der Waals surface area contributed by atoms with E-state index in [1.807, 2.05) is 6.07 Å². The fourth-order valence-corrected chi connectivity index (χ4v) is 2.59. The van der Waals surface area contributed by atoms with Gasteiger partial charge in [0.25, 0.3) is 0 Å². The zero-order chi connectivity index (χ0) is 14.7. The Morgan fingerprint density at radius 3 is 2.35 bits per heavy atom. The lowest BCUT2D eigenvalue weighted by molar-refractivity contribution is 0.610. The quantitative estimate of drug-likeness (QED) is 0.883. The summed E-state index contributed by atoms with van der Waals surface area (Å²) < 4.78 is 13.9. The highest BCUT2D eigenvalue weighted by molar-refractivity contribution is 5.69. The van der Waals surface area contributed by atoms with Crippen LogP contribution in [0.25, 0.3) is 0 Å². The van der Waals surface area contributed by atoms with Gasteiger partial charge in [-0.2, -0.15) is 0 Å². The number of halogens is 1. The van der Waals surface area contributed by atoms with Gasteiger partial charge in [0, 0.05) is 16.9 Å². The van der Waals surface area contributed by atoms with Crippen LogP contribution in [0.2, 0.25) is 0 Å². The average molecular weight is 272 g/mol. The average Bonchev–Trinajstić information content (AvgIpc) is 2.37. The summed E-state index contributed by atoms with van der Waals surface area (Å²) in [7, 11) is 0. The number of anilines is 2. The van der Waals surface area contributed by atoms with Crippen molar-refractivity contribution in [3.05, 3.63) is 58.4 Å². The molecule has 3 N–H and O–H groups in total. The van der Waals surface area contributed by atoms with Crippen molar-refractivity contribution in [1.82, 2.24) is 0 Å². The molecule has 0 amide bonds. The zero-order valence-corrected chi connectivity index (χ0v) is 12.3. The third kappa shape index (κ3) is 2.99. The van der Waals surface area contributed by atoms with Gasteiger partial charge in [-0.25, -0.2) is 4.39 Å². The molecule has 2 nitrogen and oxygen atoms in total. The molecule has 0 aliphatic carbocycles. The summed E-state index contributed by atoms with van der Waals surface area (Å²) in [6, 6.07) is 9.34. The maximum absolute atomic E-state index is 13.9. The molecular weight excluding hydrogens is 251 g/mol. The Kier molecular flexibility index (Phi) is 4.40. The Balaban J connectivity index is 2.43. The number of aryl methyl sites for hydroxylation is 3. The number of hydrogen-bond acceptors (Lipinski definition) is 2. The topological polar surface area (TPSA) is 38.0 Å². The molecule has 0 aromatic heterocycles. The molecule has 2 aromatic carbocycles. The van der Waals surface area contributed by atoms with Crippen molar-refractivity contribution in [3.63, 3.8) is 0 Å². The lowest BCUT2D eigenvalue weighted by Gasteiger charge is -2.17. The van der Waals surface area contributed by atoms with Gasteiger partial charge in [0.15, 0.2) is 0 Å². The Labute approximate surface area is 119 Å². The molecule has 0 fully saturated rings. The maximum Gasteiger partial charge on any atom is 0.128 e. The van der Waals surface area contributed by atoms with Crippen molar-refractivity contribution < 1.29 is 4.39 Å². The van der Waals surface area contributed by atoms with E-state index in [0.29, 0.717) is 18.5 Å². The minimum absolute atomic E-state index is 0.206. The molecule has 0 unspecified atom stereocenters. The third-order valence-corrected chi connectivity index (χ3v) is 3.45. The molecule has 106 valence electrons. The summed E-state index contributed by atoms with van der Waals surface area (Å²) >= 11 is 0. The first-order valence-corrected chi connectivity index (χ1v) is 6.85. The van der Waals surface area contributed by atoms with E-state index in [1.165, 1.54) is 11.6 Å². The molecule has 0 saturated heterocycles. The fraction of sp³-hybridized carbons (Fsp3) is 0.294. The van der Waals surface area contributed by atoms with Crippen LogP contribution in [0, 0.1) is 26.6 Å². The Morgan fingerprint density at radius 2 is 1.75 bits per heavy atom. The van der Waals surface area contributed by atoms with E-state index in [4.69, 9.17) is 5.73 Å². The molecule has 0 aliphatic rings. The lowest BCUT2D eigenvalue weighted by Crippen LogP contribution is -2.08. The molecule has 20 heavy (non-hydrogen) atoms. The van der Waals surface area contributed by atoms with E-state index in [9.17, 15) is 4.39 Å². The number of benzene rings is 2. The number of nitrogens with two attached hydrogens (primary N) is 1. The molecule has 0 spiro atoms. The molecular formula is C17H21FN2. The second-order valence-corrected chi connectivity index (χ2v) is 5.20. The first-order chi connectivity index (χ1) is 9.52. The highest BCUT2D eigenvalue weighted by Crippen LogP contribution is 2.29. The lowest BCUT2D eigenvalue weighted by atomic mass is 10.0. The minimum atomic E-state index is -0.206. The van der Waals surface area contributed by atoms with Gasteiger partial charge in [-0.1, -0.05) is 23.8 Å². The van der Waals surface area contributed by atoms with Crippen LogP contribution in [-0.4, -0.2) is 6.54 Å². The van der Waals surface area contributed by atoms with Crippen LogP contribution in [0.15, 0.2) is 30.3 Å². The number of rotatable bonds is 4. The molecule has 0 saturated carbocycles. The van der Waals surface area contributed by atoms with Crippen LogP contribution in [0.4, 0.5) is 15.8 Å². The summed E-state index contributed by atoms with van der Waals surface area (Å²) in [4.78, 5) is 0. The van der Waals surface area contributed by atoms with Gasteiger partial charge < -0.3 is 11.1 Å². The summed E-state index contributed by atoms with van der Waals surface area (Å²) in [5.74, 6) is -0.206. The van der Waals surface area contributed by atoms with E-state index in [-0.39, 0.29) is 5.82 Å². The highest BCUT2D eigenvalue weighted by atomic mass is 19.1. The molecule has 3 heteroatoms. The van der Waals surface area contributed by atoms with Crippen LogP contribution in [-0.2, 0) is 6.42 Å². The highest BCUT2D eigenvalue weighted by Gasteiger charge is 2.10. The second-order valence-electron chi connectivity index (χ2n) is 5.20. The predicted molar refractivity (Wildman–Crippen MR) is 83.1 cm³/mol. The Hall–Kier alpha value is -1.87. The zero-order valence-electron chi connectivity index (χ0n) is 12.3. The molecule has 0 radical (unpaired) electrons. The van der Waals surface area contributed by atoms with Crippen molar-refractivity contribution in [3.8, 4) is 0 Å². The van der Waals surface area contributed by atoms with E-state index < -0.39 is 0 Å². The summed E-state index contributed by atoms with van der Waals surface area (Å²) in [5.41, 5.74) is 11.6. The van der Waals surface area contributed by atoms with Crippen molar-refractivity contribution in [2.24, 2.45) is 5.73 Å². The van der Waals surface area contributed by atoms with Crippen molar-refractivity contribution in [1.29, 1.82) is 0 Å². The second kappa shape index (κ2) is 6.06. The van der Waals surface area contributed by atoms with Crippen molar-refractivity contribution in [2.45, 2.75) is 27.2 Å². The van der Waals surface area contributed by atoms with Crippen LogP contribution < -0.4 is 11.1 Å². The Morgan fingerprint density at radius 1 is 1.10 bits per heavy atom. The number of nitrogens with one attached hydrogen (secondary N) is 1. The van der Waals surface area contributed by atoms with Gasteiger partial charge >= 0.3 is 0 Å². The molecule has 0 atom stereocenters. The first kappa shape index (κ1) is 14.5. The largest absolute Gasteiger partial charge is 0.355 e. The standard InChI is InChI=1S/C17H21FN2/c1-11-9-12(2)17(13(3)10-11)20-16-6-4-5-15(18)14(16)7-8-19/h4-6,9-10,20H,7-8,19H2,1-3H3. The summed E-state index contributed by atoms with van der Waals surface area (Å²) in [6.45, 7) is 6.63. The predicted octanol–water partition coefficient (Wildman–Crippen LogP) is 4.00. The number of hydrogen-bond donors (Lipinski definition) is 2. The van der Waals surface area contributed by atoms with E-state index in [1.54, 1.807) is 6.07 Å². The van der Waals surface area contributed by atoms with E-state index in [2.05, 4.69) is 38.2 Å². The normalized spacial score (nSPS) is 10.7. The van der Waals surface area contributed by atoms with Gasteiger partial charge in [0.2, 0.25) is 0 Å². The van der Waals surface area contributed by atoms with Crippen LogP contribution >= 0.6 is 0 Å². The molecule has 0 bridgehead atoms. The summed E-state index contributed by atoms with van der Waals surface area (Å²) in [5, 5.41) is 3.37. The smallest absolute Gasteiger partial charge is 0.128 e. The van der Waals surface area contributed by atoms with E-state index in [0.717, 1.165) is 22.5 Å². The maximum atomic E-state index is 13.9. The van der Waals surface area contributed by atoms with Gasteiger partial charge in [0.05, 0.1) is 0 Å².